The van der Waals surface area contributed by atoms with E-state index in [9.17, 15) is 8.78 Å². The molecule has 1 fully saturated rings. The molecule has 0 amide bonds. The van der Waals surface area contributed by atoms with Crippen molar-refractivity contribution in [3.8, 4) is 5.69 Å². The summed E-state index contributed by atoms with van der Waals surface area (Å²) in [5, 5.41) is 4.70. The Kier molecular flexibility index (Phi) is 3.41. The first-order valence-electron chi connectivity index (χ1n) is 8.61. The first kappa shape index (κ1) is 15.6. The third kappa shape index (κ3) is 2.48. The summed E-state index contributed by atoms with van der Waals surface area (Å²) < 4.78 is 29.3. The number of allylic oxidation sites excluding steroid dienone is 1. The summed E-state index contributed by atoms with van der Waals surface area (Å²) in [7, 11) is 0. The van der Waals surface area contributed by atoms with Gasteiger partial charge in [0.25, 0.3) is 0 Å². The maximum atomic E-state index is 14.3. The fourth-order valence-electron chi connectivity index (χ4n) is 4.05. The molecule has 4 rings (SSSR count). The Hall–Kier alpha value is -1.97. The van der Waals surface area contributed by atoms with Crippen LogP contribution in [-0.2, 0) is 0 Å². The first-order valence-corrected chi connectivity index (χ1v) is 8.61. The molecule has 0 radical (unpaired) electrons. The van der Waals surface area contributed by atoms with E-state index in [1.807, 2.05) is 0 Å². The standard InChI is InChI=1S/C20H22F2N2/c1-20(2,3)9-8-16-18-12-4-5-13(10-12)19(18)24(23-16)17-7-6-14(21)11-15(17)22/h6-9,11-13H,4-5,10H2,1-3H3/b9-8+. The molecule has 126 valence electrons. The molecule has 2 nitrogen and oxygen atoms in total. The third-order valence-corrected chi connectivity index (χ3v) is 5.09. The van der Waals surface area contributed by atoms with Crippen LogP contribution in [0.1, 0.15) is 68.8 Å². The van der Waals surface area contributed by atoms with Crippen LogP contribution in [0.5, 0.6) is 0 Å². The van der Waals surface area contributed by atoms with Gasteiger partial charge in [-0.25, -0.2) is 13.5 Å². The molecule has 2 unspecified atom stereocenters. The Morgan fingerprint density at radius 2 is 1.92 bits per heavy atom. The lowest BCUT2D eigenvalue weighted by Crippen LogP contribution is -2.07. The van der Waals surface area contributed by atoms with Gasteiger partial charge in [0.2, 0.25) is 0 Å². The number of hydrogen-bond donors (Lipinski definition) is 0. The van der Waals surface area contributed by atoms with Gasteiger partial charge in [0.1, 0.15) is 11.5 Å². The Bertz CT molecular complexity index is 827. The van der Waals surface area contributed by atoms with Crippen molar-refractivity contribution >= 4 is 6.08 Å². The average molecular weight is 328 g/mol. The number of halogens is 2. The van der Waals surface area contributed by atoms with E-state index < -0.39 is 11.6 Å². The molecule has 0 saturated heterocycles. The number of rotatable bonds is 2. The molecule has 1 saturated carbocycles. The van der Waals surface area contributed by atoms with Crippen molar-refractivity contribution in [2.24, 2.45) is 5.41 Å². The first-order chi connectivity index (χ1) is 11.3. The van der Waals surface area contributed by atoms with Crippen molar-refractivity contribution in [2.75, 3.05) is 0 Å². The summed E-state index contributed by atoms with van der Waals surface area (Å²) in [6.45, 7) is 6.44. The molecule has 2 aromatic rings. The molecule has 1 heterocycles. The lowest BCUT2D eigenvalue weighted by atomic mass is 9.92. The topological polar surface area (TPSA) is 17.8 Å². The highest BCUT2D eigenvalue weighted by Crippen LogP contribution is 2.55. The van der Waals surface area contributed by atoms with Crippen LogP contribution in [0.25, 0.3) is 11.8 Å². The second kappa shape index (κ2) is 5.27. The number of aromatic nitrogens is 2. The molecule has 1 aromatic carbocycles. The van der Waals surface area contributed by atoms with Crippen molar-refractivity contribution in [3.05, 3.63) is 52.9 Å². The number of hydrogen-bond acceptors (Lipinski definition) is 1. The maximum Gasteiger partial charge on any atom is 0.151 e. The molecule has 2 aliphatic rings. The van der Waals surface area contributed by atoms with Crippen molar-refractivity contribution in [1.82, 2.24) is 9.78 Å². The van der Waals surface area contributed by atoms with E-state index in [-0.39, 0.29) is 5.41 Å². The molecule has 24 heavy (non-hydrogen) atoms. The summed E-state index contributed by atoms with van der Waals surface area (Å²) in [5.74, 6) is -0.149. The van der Waals surface area contributed by atoms with Crippen LogP contribution in [-0.4, -0.2) is 9.78 Å². The SMILES string of the molecule is CC(C)(C)/C=C/c1nn(-c2ccc(F)cc2F)c2c1C1CCC2C1. The zero-order chi connectivity index (χ0) is 17.1. The van der Waals surface area contributed by atoms with Gasteiger partial charge in [0, 0.05) is 17.5 Å². The molecular weight excluding hydrogens is 306 g/mol. The predicted octanol–water partition coefficient (Wildman–Crippen LogP) is 5.57. The molecule has 4 heteroatoms. The Labute approximate surface area is 141 Å². The van der Waals surface area contributed by atoms with E-state index in [1.165, 1.54) is 24.1 Å². The molecule has 2 aliphatic carbocycles. The van der Waals surface area contributed by atoms with Gasteiger partial charge in [-0.2, -0.15) is 5.10 Å². The molecular formula is C20H22F2N2. The van der Waals surface area contributed by atoms with Crippen LogP contribution < -0.4 is 0 Å². The van der Waals surface area contributed by atoms with E-state index in [4.69, 9.17) is 5.10 Å². The fourth-order valence-corrected chi connectivity index (χ4v) is 4.05. The van der Waals surface area contributed by atoms with Crippen molar-refractivity contribution in [1.29, 1.82) is 0 Å². The zero-order valence-electron chi connectivity index (χ0n) is 14.3. The lowest BCUT2D eigenvalue weighted by molar-refractivity contribution is 0.546. The van der Waals surface area contributed by atoms with Gasteiger partial charge >= 0.3 is 0 Å². The molecule has 2 atom stereocenters. The van der Waals surface area contributed by atoms with Crippen LogP contribution in [0.2, 0.25) is 0 Å². The fraction of sp³-hybridized carbons (Fsp3) is 0.450. The molecule has 2 bridgehead atoms. The van der Waals surface area contributed by atoms with Crippen LogP contribution in [0.4, 0.5) is 8.78 Å². The van der Waals surface area contributed by atoms with Gasteiger partial charge in [0.15, 0.2) is 5.82 Å². The van der Waals surface area contributed by atoms with E-state index in [1.54, 1.807) is 4.68 Å². The highest BCUT2D eigenvalue weighted by Gasteiger charge is 2.42. The van der Waals surface area contributed by atoms with Gasteiger partial charge in [0.05, 0.1) is 11.4 Å². The van der Waals surface area contributed by atoms with E-state index >= 15 is 0 Å². The number of fused-ring (bicyclic) bond motifs is 5. The number of benzene rings is 1. The molecule has 0 spiro atoms. The molecule has 1 aromatic heterocycles. The smallest absolute Gasteiger partial charge is 0.151 e. The predicted molar refractivity (Wildman–Crippen MR) is 91.3 cm³/mol. The van der Waals surface area contributed by atoms with Crippen molar-refractivity contribution in [2.45, 2.75) is 51.9 Å². The second-order valence-corrected chi connectivity index (χ2v) is 8.10. The van der Waals surface area contributed by atoms with Crippen molar-refractivity contribution in [3.63, 3.8) is 0 Å². The minimum absolute atomic E-state index is 0.0649. The molecule has 0 aliphatic heterocycles. The minimum Gasteiger partial charge on any atom is -0.234 e. The monoisotopic (exact) mass is 328 g/mol. The van der Waals surface area contributed by atoms with Gasteiger partial charge < -0.3 is 0 Å². The summed E-state index contributed by atoms with van der Waals surface area (Å²) in [6, 6.07) is 3.72. The van der Waals surface area contributed by atoms with Crippen LogP contribution in [0.3, 0.4) is 0 Å². The summed E-state index contributed by atoms with van der Waals surface area (Å²) >= 11 is 0. The summed E-state index contributed by atoms with van der Waals surface area (Å²) in [6.07, 6.45) is 7.66. The largest absolute Gasteiger partial charge is 0.234 e. The Morgan fingerprint density at radius 1 is 1.17 bits per heavy atom. The highest BCUT2D eigenvalue weighted by atomic mass is 19.1. The summed E-state index contributed by atoms with van der Waals surface area (Å²) in [4.78, 5) is 0. The van der Waals surface area contributed by atoms with E-state index in [0.717, 1.165) is 30.3 Å². The molecule has 0 N–H and O–H groups in total. The second-order valence-electron chi connectivity index (χ2n) is 8.10. The average Bonchev–Trinajstić information content (AvgIpc) is 3.16. The highest BCUT2D eigenvalue weighted by molar-refractivity contribution is 5.58. The summed E-state index contributed by atoms with van der Waals surface area (Å²) in [5.41, 5.74) is 3.75. The van der Waals surface area contributed by atoms with Crippen LogP contribution in [0, 0.1) is 17.0 Å². The van der Waals surface area contributed by atoms with E-state index in [2.05, 4.69) is 32.9 Å². The van der Waals surface area contributed by atoms with Gasteiger partial charge in [-0.3, -0.25) is 0 Å². The number of nitrogens with zero attached hydrogens (tertiary/aromatic N) is 2. The van der Waals surface area contributed by atoms with Gasteiger partial charge in [-0.1, -0.05) is 26.8 Å². The Morgan fingerprint density at radius 3 is 2.62 bits per heavy atom. The minimum atomic E-state index is -0.561. The normalized spacial score (nSPS) is 22.5. The van der Waals surface area contributed by atoms with Crippen LogP contribution in [0.15, 0.2) is 24.3 Å². The Balaban J connectivity index is 1.87. The zero-order valence-corrected chi connectivity index (χ0v) is 14.3. The third-order valence-electron chi connectivity index (χ3n) is 5.09. The lowest BCUT2D eigenvalue weighted by Gasteiger charge is -2.14. The van der Waals surface area contributed by atoms with Crippen LogP contribution >= 0.6 is 0 Å². The van der Waals surface area contributed by atoms with Gasteiger partial charge in [-0.15, -0.1) is 0 Å². The van der Waals surface area contributed by atoms with E-state index in [0.29, 0.717) is 17.5 Å². The quantitative estimate of drug-likeness (QED) is 0.704. The van der Waals surface area contributed by atoms with Crippen molar-refractivity contribution < 1.29 is 8.78 Å². The maximum absolute atomic E-state index is 14.3. The van der Waals surface area contributed by atoms with Gasteiger partial charge in [-0.05, 0) is 48.8 Å².